The lowest BCUT2D eigenvalue weighted by atomic mass is 9.86. The molecule has 0 aromatic heterocycles. The third-order valence-corrected chi connectivity index (χ3v) is 1.80. The Morgan fingerprint density at radius 2 is 1.86 bits per heavy atom. The SMILES string of the molecule is C=C.CCc1cc2ccc1-2.O=C(O)O. The first-order valence-corrected chi connectivity index (χ1v) is 4.20. The van der Waals surface area contributed by atoms with Crippen molar-refractivity contribution in [2.75, 3.05) is 0 Å². The molecule has 2 aliphatic carbocycles. The zero-order valence-electron chi connectivity index (χ0n) is 8.16. The van der Waals surface area contributed by atoms with Crippen LogP contribution in [-0.2, 0) is 6.42 Å². The average molecular weight is 194 g/mol. The van der Waals surface area contributed by atoms with Gasteiger partial charge in [0.1, 0.15) is 0 Å². The van der Waals surface area contributed by atoms with E-state index in [1.165, 1.54) is 23.1 Å². The Morgan fingerprint density at radius 3 is 1.93 bits per heavy atom. The summed E-state index contributed by atoms with van der Waals surface area (Å²) in [6.45, 7) is 8.20. The summed E-state index contributed by atoms with van der Waals surface area (Å²) in [4.78, 5) is 8.56. The van der Waals surface area contributed by atoms with Crippen molar-refractivity contribution in [1.29, 1.82) is 0 Å². The van der Waals surface area contributed by atoms with E-state index in [0.29, 0.717) is 0 Å². The highest BCUT2D eigenvalue weighted by Crippen LogP contribution is 2.36. The van der Waals surface area contributed by atoms with E-state index in [-0.39, 0.29) is 0 Å². The molecule has 0 saturated heterocycles. The lowest BCUT2D eigenvalue weighted by molar-refractivity contribution is 0.137. The maximum absolute atomic E-state index is 8.56. The Labute approximate surface area is 83.3 Å². The molecule has 0 bridgehead atoms. The molecule has 2 aliphatic rings. The molecular formula is C11H14O3. The van der Waals surface area contributed by atoms with Crippen molar-refractivity contribution in [1.82, 2.24) is 0 Å². The number of aryl methyl sites for hydroxylation is 1. The van der Waals surface area contributed by atoms with Crippen molar-refractivity contribution >= 4 is 6.16 Å². The van der Waals surface area contributed by atoms with Gasteiger partial charge in [-0.15, -0.1) is 13.2 Å². The molecule has 0 unspecified atom stereocenters. The van der Waals surface area contributed by atoms with Crippen molar-refractivity contribution in [3.8, 4) is 11.1 Å². The second-order valence-corrected chi connectivity index (χ2v) is 2.51. The Kier molecular flexibility index (Phi) is 5.07. The molecule has 0 saturated carbocycles. The van der Waals surface area contributed by atoms with Crippen LogP contribution in [-0.4, -0.2) is 16.4 Å². The lowest BCUT2D eigenvalue weighted by Crippen LogP contribution is -1.97. The van der Waals surface area contributed by atoms with E-state index < -0.39 is 6.16 Å². The average Bonchev–Trinajstić information content (AvgIpc) is 2.12. The van der Waals surface area contributed by atoms with E-state index in [0.717, 1.165) is 0 Å². The standard InChI is InChI=1S/C8H8.C2H4.CH2O3/c1-2-6-5-7-3-4-8(6)7;1-2;2-1(3)4/h3-5H,2H2,1H3;1-2H2;(H2,2,3,4). The number of benzene rings is 1. The van der Waals surface area contributed by atoms with Crippen LogP contribution >= 0.6 is 0 Å². The minimum Gasteiger partial charge on any atom is -0.450 e. The van der Waals surface area contributed by atoms with Crippen molar-refractivity contribution in [3.63, 3.8) is 0 Å². The van der Waals surface area contributed by atoms with Crippen LogP contribution < -0.4 is 0 Å². The Morgan fingerprint density at radius 1 is 1.36 bits per heavy atom. The number of rotatable bonds is 1. The van der Waals surface area contributed by atoms with E-state index >= 15 is 0 Å². The van der Waals surface area contributed by atoms with Gasteiger partial charge in [0.05, 0.1) is 0 Å². The topological polar surface area (TPSA) is 57.5 Å². The second kappa shape index (κ2) is 5.80. The van der Waals surface area contributed by atoms with E-state index in [9.17, 15) is 0 Å². The number of carbonyl (C=O) groups is 1. The van der Waals surface area contributed by atoms with E-state index in [4.69, 9.17) is 15.0 Å². The predicted molar refractivity (Wildman–Crippen MR) is 56.7 cm³/mol. The molecule has 0 fully saturated rings. The summed E-state index contributed by atoms with van der Waals surface area (Å²) in [6, 6.07) is 6.61. The molecule has 2 N–H and O–H groups in total. The quantitative estimate of drug-likeness (QED) is 0.685. The van der Waals surface area contributed by atoms with Gasteiger partial charge in [0.2, 0.25) is 0 Å². The molecule has 0 heterocycles. The van der Waals surface area contributed by atoms with Crippen LogP contribution in [0.1, 0.15) is 12.5 Å². The van der Waals surface area contributed by atoms with E-state index in [2.05, 4.69) is 38.3 Å². The number of carboxylic acid groups (broad SMARTS) is 2. The monoisotopic (exact) mass is 194 g/mol. The summed E-state index contributed by atoms with van der Waals surface area (Å²) in [5.74, 6) is 0. The molecule has 3 heteroatoms. The van der Waals surface area contributed by atoms with Crippen LogP contribution in [0.2, 0.25) is 0 Å². The zero-order chi connectivity index (χ0) is 11.1. The van der Waals surface area contributed by atoms with E-state index in [1.54, 1.807) is 0 Å². The second-order valence-electron chi connectivity index (χ2n) is 2.51. The molecule has 2 rings (SSSR count). The third-order valence-electron chi connectivity index (χ3n) is 1.80. The molecule has 0 aliphatic heterocycles. The maximum atomic E-state index is 8.56. The molecule has 0 spiro atoms. The highest BCUT2D eigenvalue weighted by molar-refractivity contribution is 5.80. The fraction of sp³-hybridized carbons (Fsp3) is 0.182. The Hall–Kier alpha value is -1.77. The van der Waals surface area contributed by atoms with Crippen LogP contribution in [0.3, 0.4) is 0 Å². The molecule has 0 amide bonds. The summed E-state index contributed by atoms with van der Waals surface area (Å²) in [6.07, 6.45) is -0.636. The summed E-state index contributed by atoms with van der Waals surface area (Å²) >= 11 is 0. The van der Waals surface area contributed by atoms with Crippen LogP contribution in [0.4, 0.5) is 4.79 Å². The van der Waals surface area contributed by atoms with E-state index in [1.807, 2.05) is 0 Å². The van der Waals surface area contributed by atoms with Gasteiger partial charge in [-0.2, -0.15) is 0 Å². The summed E-state index contributed by atoms with van der Waals surface area (Å²) in [5.41, 5.74) is 4.50. The first-order chi connectivity index (χ1) is 6.65. The number of fused-ring (bicyclic) bond motifs is 1. The smallest absolute Gasteiger partial charge is 0.450 e. The van der Waals surface area contributed by atoms with Gasteiger partial charge in [0, 0.05) is 0 Å². The fourth-order valence-corrected chi connectivity index (χ4v) is 1.16. The molecule has 0 radical (unpaired) electrons. The predicted octanol–water partition coefficient (Wildman–Crippen LogP) is 3.25. The molecular weight excluding hydrogens is 180 g/mol. The molecule has 76 valence electrons. The molecule has 0 aromatic rings. The normalized spacial score (nSPS) is 8.64. The largest absolute Gasteiger partial charge is 0.503 e. The summed E-state index contributed by atoms with van der Waals surface area (Å²) in [5, 5.41) is 13.9. The van der Waals surface area contributed by atoms with Crippen molar-refractivity contribution in [3.05, 3.63) is 36.9 Å². The molecule has 14 heavy (non-hydrogen) atoms. The number of hydrogen-bond donors (Lipinski definition) is 2. The van der Waals surface area contributed by atoms with Gasteiger partial charge in [-0.05, 0) is 23.1 Å². The highest BCUT2D eigenvalue weighted by Gasteiger charge is 2.13. The van der Waals surface area contributed by atoms with Gasteiger partial charge in [0.15, 0.2) is 0 Å². The summed E-state index contributed by atoms with van der Waals surface area (Å²) in [7, 11) is 0. The maximum Gasteiger partial charge on any atom is 0.503 e. The van der Waals surface area contributed by atoms with Gasteiger partial charge < -0.3 is 10.2 Å². The van der Waals surface area contributed by atoms with Crippen LogP contribution in [0.15, 0.2) is 31.4 Å². The van der Waals surface area contributed by atoms with Gasteiger partial charge in [-0.25, -0.2) is 4.79 Å². The number of hydrogen-bond acceptors (Lipinski definition) is 1. The first-order valence-electron chi connectivity index (χ1n) is 4.20. The van der Waals surface area contributed by atoms with Gasteiger partial charge in [0.25, 0.3) is 0 Å². The lowest BCUT2D eigenvalue weighted by Gasteiger charge is -2.19. The Balaban J connectivity index is 0.000000245. The highest BCUT2D eigenvalue weighted by atomic mass is 16.6. The fourth-order valence-electron chi connectivity index (χ4n) is 1.16. The van der Waals surface area contributed by atoms with Crippen LogP contribution in [0, 0.1) is 0 Å². The van der Waals surface area contributed by atoms with Crippen molar-refractivity contribution in [2.24, 2.45) is 0 Å². The van der Waals surface area contributed by atoms with Crippen LogP contribution in [0.25, 0.3) is 11.1 Å². The zero-order valence-corrected chi connectivity index (χ0v) is 8.16. The minimum atomic E-state index is -1.83. The third kappa shape index (κ3) is 2.94. The van der Waals surface area contributed by atoms with Crippen molar-refractivity contribution in [2.45, 2.75) is 13.3 Å². The summed E-state index contributed by atoms with van der Waals surface area (Å²) < 4.78 is 0. The minimum absolute atomic E-state index is 1.20. The molecule has 0 atom stereocenters. The van der Waals surface area contributed by atoms with Gasteiger partial charge in [-0.1, -0.05) is 25.1 Å². The van der Waals surface area contributed by atoms with Crippen molar-refractivity contribution < 1.29 is 15.0 Å². The first kappa shape index (κ1) is 12.2. The molecule has 3 nitrogen and oxygen atoms in total. The Bertz CT molecular complexity index is 314. The van der Waals surface area contributed by atoms with Gasteiger partial charge in [-0.3, -0.25) is 0 Å². The van der Waals surface area contributed by atoms with Crippen LogP contribution in [0.5, 0.6) is 0 Å². The van der Waals surface area contributed by atoms with Gasteiger partial charge >= 0.3 is 6.16 Å². The molecule has 0 aromatic carbocycles.